The minimum Gasteiger partial charge on any atom is -0.494 e. The normalized spacial score (nSPS) is 14.0. The lowest BCUT2D eigenvalue weighted by Gasteiger charge is -2.37. The van der Waals surface area contributed by atoms with Crippen molar-refractivity contribution in [2.45, 2.75) is 13.1 Å². The number of ether oxygens (including phenoxy) is 2. The molecule has 2 aromatic carbocycles. The lowest BCUT2D eigenvalue weighted by molar-refractivity contribution is 0.112. The number of pyridine rings is 1. The fraction of sp³-hybridized carbons (Fsp3) is 0.308. The zero-order valence-corrected chi connectivity index (χ0v) is 20.2. The van der Waals surface area contributed by atoms with E-state index in [-0.39, 0.29) is 0 Å². The first-order chi connectivity index (χ1) is 16.6. The van der Waals surface area contributed by atoms with Crippen LogP contribution in [0.4, 0.5) is 11.5 Å². The maximum atomic E-state index is 11.5. The van der Waals surface area contributed by atoms with Crippen LogP contribution in [0.2, 0.25) is 5.02 Å². The summed E-state index contributed by atoms with van der Waals surface area (Å²) in [6.45, 7) is 4.80. The van der Waals surface area contributed by atoms with E-state index in [1.165, 1.54) is 0 Å². The SMILES string of the molecule is COc1ccc(C=O)c(OC)c1N1CCN(Cc2cccnc2NCc2ccc(Cl)cc2)CC1. The third-order valence-corrected chi connectivity index (χ3v) is 6.27. The van der Waals surface area contributed by atoms with Gasteiger partial charge in [-0.2, -0.15) is 0 Å². The number of nitrogens with zero attached hydrogens (tertiary/aromatic N) is 3. The summed E-state index contributed by atoms with van der Waals surface area (Å²) in [5, 5.41) is 4.19. The van der Waals surface area contributed by atoms with Crippen LogP contribution in [0.3, 0.4) is 0 Å². The van der Waals surface area contributed by atoms with Crippen molar-refractivity contribution in [3.8, 4) is 11.5 Å². The van der Waals surface area contributed by atoms with Gasteiger partial charge in [0.2, 0.25) is 0 Å². The Morgan fingerprint density at radius 1 is 1.03 bits per heavy atom. The predicted octanol–water partition coefficient (Wildman–Crippen LogP) is 4.50. The second-order valence-electron chi connectivity index (χ2n) is 8.11. The molecule has 0 spiro atoms. The molecule has 8 heteroatoms. The van der Waals surface area contributed by atoms with Crippen LogP contribution in [-0.2, 0) is 13.1 Å². The van der Waals surface area contributed by atoms with Crippen molar-refractivity contribution in [1.29, 1.82) is 0 Å². The molecule has 0 radical (unpaired) electrons. The molecule has 1 fully saturated rings. The van der Waals surface area contributed by atoms with Crippen molar-refractivity contribution in [2.75, 3.05) is 50.6 Å². The van der Waals surface area contributed by atoms with Crippen LogP contribution in [-0.4, -0.2) is 56.6 Å². The van der Waals surface area contributed by atoms with Crippen molar-refractivity contribution >= 4 is 29.4 Å². The zero-order chi connectivity index (χ0) is 23.9. The van der Waals surface area contributed by atoms with E-state index in [1.54, 1.807) is 20.3 Å². The molecule has 0 saturated carbocycles. The van der Waals surface area contributed by atoms with Gasteiger partial charge in [-0.05, 0) is 35.9 Å². The zero-order valence-electron chi connectivity index (χ0n) is 19.5. The molecule has 0 bridgehead atoms. The molecule has 1 N–H and O–H groups in total. The van der Waals surface area contributed by atoms with Gasteiger partial charge in [-0.1, -0.05) is 29.8 Å². The van der Waals surface area contributed by atoms with Crippen LogP contribution in [0, 0.1) is 0 Å². The van der Waals surface area contributed by atoms with Gasteiger partial charge in [-0.25, -0.2) is 4.98 Å². The number of methoxy groups -OCH3 is 2. The highest BCUT2D eigenvalue weighted by Gasteiger charge is 2.25. The molecule has 0 unspecified atom stereocenters. The maximum absolute atomic E-state index is 11.5. The number of nitrogens with one attached hydrogen (secondary N) is 1. The highest BCUT2D eigenvalue weighted by molar-refractivity contribution is 6.30. The molecule has 1 aromatic heterocycles. The Morgan fingerprint density at radius 3 is 2.47 bits per heavy atom. The van der Waals surface area contributed by atoms with Gasteiger partial charge in [0.1, 0.15) is 17.3 Å². The van der Waals surface area contributed by atoms with Crippen molar-refractivity contribution in [3.05, 3.63) is 76.4 Å². The van der Waals surface area contributed by atoms with Crippen molar-refractivity contribution in [2.24, 2.45) is 0 Å². The molecule has 1 aliphatic heterocycles. The molecule has 7 nitrogen and oxygen atoms in total. The number of carbonyl (C=O) groups excluding carboxylic acids is 1. The van der Waals surface area contributed by atoms with E-state index >= 15 is 0 Å². The minimum absolute atomic E-state index is 0.521. The molecule has 0 aliphatic carbocycles. The first kappa shape index (κ1) is 23.9. The highest BCUT2D eigenvalue weighted by Crippen LogP contribution is 2.40. The topological polar surface area (TPSA) is 66.9 Å². The number of piperazine rings is 1. The van der Waals surface area contributed by atoms with Crippen LogP contribution in [0.5, 0.6) is 11.5 Å². The van der Waals surface area contributed by atoms with Gasteiger partial charge in [-0.15, -0.1) is 0 Å². The Morgan fingerprint density at radius 2 is 1.79 bits per heavy atom. The Labute approximate surface area is 205 Å². The number of rotatable bonds is 9. The second kappa shape index (κ2) is 11.2. The van der Waals surface area contributed by atoms with Gasteiger partial charge in [0.25, 0.3) is 0 Å². The van der Waals surface area contributed by atoms with Gasteiger partial charge in [0, 0.05) is 56.1 Å². The van der Waals surface area contributed by atoms with Gasteiger partial charge in [0.05, 0.1) is 19.8 Å². The standard InChI is InChI=1S/C26H29ClN4O3/c1-33-23-10-7-21(18-32)25(34-2)24(23)31-14-12-30(13-15-31)17-20-4-3-11-28-26(20)29-16-19-5-8-22(27)9-6-19/h3-11,18H,12-17H2,1-2H3,(H,28,29). The Bertz CT molecular complexity index is 1120. The smallest absolute Gasteiger partial charge is 0.156 e. The molecule has 178 valence electrons. The molecule has 0 amide bonds. The number of carbonyl (C=O) groups is 1. The molecule has 2 heterocycles. The molecule has 34 heavy (non-hydrogen) atoms. The van der Waals surface area contributed by atoms with Crippen LogP contribution in [0.15, 0.2) is 54.7 Å². The number of hydrogen-bond donors (Lipinski definition) is 1. The van der Waals surface area contributed by atoms with Crippen molar-refractivity contribution < 1.29 is 14.3 Å². The van der Waals surface area contributed by atoms with E-state index in [0.717, 1.165) is 66.7 Å². The van der Waals surface area contributed by atoms with E-state index < -0.39 is 0 Å². The Balaban J connectivity index is 1.42. The van der Waals surface area contributed by atoms with Gasteiger partial charge in [-0.3, -0.25) is 9.69 Å². The lowest BCUT2D eigenvalue weighted by atomic mass is 10.1. The molecule has 4 rings (SSSR count). The summed E-state index contributed by atoms with van der Waals surface area (Å²) in [6, 6.07) is 15.5. The first-order valence-electron chi connectivity index (χ1n) is 11.2. The number of hydrogen-bond acceptors (Lipinski definition) is 7. The molecule has 1 aliphatic rings. The summed E-state index contributed by atoms with van der Waals surface area (Å²) >= 11 is 5.99. The maximum Gasteiger partial charge on any atom is 0.156 e. The fourth-order valence-electron chi connectivity index (χ4n) is 4.22. The van der Waals surface area contributed by atoms with Crippen LogP contribution in [0.25, 0.3) is 0 Å². The lowest BCUT2D eigenvalue weighted by Crippen LogP contribution is -2.46. The summed E-state index contributed by atoms with van der Waals surface area (Å²) in [6.07, 6.45) is 2.63. The third kappa shape index (κ3) is 5.43. The summed E-state index contributed by atoms with van der Waals surface area (Å²) in [4.78, 5) is 20.7. The second-order valence-corrected chi connectivity index (χ2v) is 8.55. The number of anilines is 2. The first-order valence-corrected chi connectivity index (χ1v) is 11.6. The Hall–Kier alpha value is -3.29. The van der Waals surface area contributed by atoms with E-state index in [9.17, 15) is 4.79 Å². The number of aldehydes is 1. The summed E-state index contributed by atoms with van der Waals surface area (Å²) in [5.41, 5.74) is 3.66. The molecular formula is C26H29ClN4O3. The van der Waals surface area contributed by atoms with E-state index in [1.807, 2.05) is 42.6 Å². The number of benzene rings is 2. The molecular weight excluding hydrogens is 452 g/mol. The Kier molecular flexibility index (Phi) is 7.87. The van der Waals surface area contributed by atoms with Gasteiger partial charge >= 0.3 is 0 Å². The van der Waals surface area contributed by atoms with Gasteiger partial charge < -0.3 is 19.7 Å². The van der Waals surface area contributed by atoms with E-state index in [2.05, 4.69) is 26.2 Å². The van der Waals surface area contributed by atoms with Gasteiger partial charge in [0.15, 0.2) is 12.0 Å². The fourth-order valence-corrected chi connectivity index (χ4v) is 4.35. The van der Waals surface area contributed by atoms with Crippen LogP contribution in [0.1, 0.15) is 21.5 Å². The average molecular weight is 481 g/mol. The van der Waals surface area contributed by atoms with Crippen molar-refractivity contribution in [1.82, 2.24) is 9.88 Å². The quantitative estimate of drug-likeness (QED) is 0.452. The average Bonchev–Trinajstić information content (AvgIpc) is 2.88. The predicted molar refractivity (Wildman–Crippen MR) is 135 cm³/mol. The minimum atomic E-state index is 0.521. The summed E-state index contributed by atoms with van der Waals surface area (Å²) < 4.78 is 11.2. The van der Waals surface area contributed by atoms with E-state index in [0.29, 0.717) is 23.6 Å². The third-order valence-electron chi connectivity index (χ3n) is 6.02. The van der Waals surface area contributed by atoms with Crippen molar-refractivity contribution in [3.63, 3.8) is 0 Å². The molecule has 0 atom stereocenters. The molecule has 1 saturated heterocycles. The van der Waals surface area contributed by atoms with Crippen LogP contribution >= 0.6 is 11.6 Å². The largest absolute Gasteiger partial charge is 0.494 e. The number of aromatic nitrogens is 1. The molecule has 3 aromatic rings. The van der Waals surface area contributed by atoms with E-state index in [4.69, 9.17) is 21.1 Å². The summed E-state index contributed by atoms with van der Waals surface area (Å²) in [7, 11) is 3.22. The highest BCUT2D eigenvalue weighted by atomic mass is 35.5. The number of halogens is 1. The monoisotopic (exact) mass is 480 g/mol. The summed E-state index contributed by atoms with van der Waals surface area (Å²) in [5.74, 6) is 2.16. The van der Waals surface area contributed by atoms with Crippen LogP contribution < -0.4 is 19.7 Å².